The Kier molecular flexibility index (Phi) is 6.35. The minimum Gasteiger partial charge on any atom is -0.409 e. The van der Waals surface area contributed by atoms with Gasteiger partial charge in [-0.05, 0) is 46.2 Å². The third-order valence-corrected chi connectivity index (χ3v) is 7.47. The summed E-state index contributed by atoms with van der Waals surface area (Å²) in [5, 5.41) is 0. The molecule has 0 saturated carbocycles. The number of anilines is 1. The fourth-order valence-corrected chi connectivity index (χ4v) is 6.72. The zero-order valence-corrected chi connectivity index (χ0v) is 23.0. The van der Waals surface area contributed by atoms with Crippen LogP contribution < -0.4 is 4.98 Å². The standard InChI is InChI=1S/C19H37N5O3Si3/c1-13-15(26-29(5,6)7)16(27-30(8,9)10)19(25-13)24-12-22-14-17(23-28(2,3)4)20-11-21-18(14)24/h11-13,15-16,19H,1-10H3,(H,20,21,23)/t13-,15-,16-,19-/m1/s1. The molecule has 30 heavy (non-hydrogen) atoms. The predicted octanol–water partition coefficient (Wildman–Crippen LogP) is 4.43. The maximum atomic E-state index is 6.63. The van der Waals surface area contributed by atoms with Crippen molar-refractivity contribution >= 4 is 41.9 Å². The van der Waals surface area contributed by atoms with Crippen LogP contribution >= 0.6 is 0 Å². The Balaban J connectivity index is 2.02. The number of fused-ring (bicyclic) bond motifs is 1. The summed E-state index contributed by atoms with van der Waals surface area (Å²) < 4.78 is 21.6. The summed E-state index contributed by atoms with van der Waals surface area (Å²) in [5.41, 5.74) is 1.51. The average molecular weight is 468 g/mol. The Hall–Kier alpha value is -1.12. The van der Waals surface area contributed by atoms with Crippen LogP contribution in [-0.2, 0) is 13.6 Å². The summed E-state index contributed by atoms with van der Waals surface area (Å²) in [6, 6.07) is 0. The zero-order chi connectivity index (χ0) is 22.5. The van der Waals surface area contributed by atoms with Crippen LogP contribution in [0.1, 0.15) is 13.2 Å². The van der Waals surface area contributed by atoms with Gasteiger partial charge in [-0.15, -0.1) is 0 Å². The van der Waals surface area contributed by atoms with Crippen molar-refractivity contribution in [2.24, 2.45) is 0 Å². The summed E-state index contributed by atoms with van der Waals surface area (Å²) in [6.45, 7) is 22.0. The van der Waals surface area contributed by atoms with Crippen LogP contribution in [0.5, 0.6) is 0 Å². The second-order valence-electron chi connectivity index (χ2n) is 11.0. The highest BCUT2D eigenvalue weighted by Gasteiger charge is 2.48. The second kappa shape index (κ2) is 8.10. The molecule has 2 aromatic rings. The molecule has 2 aromatic heterocycles. The van der Waals surface area contributed by atoms with Gasteiger partial charge in [0, 0.05) is 0 Å². The molecule has 8 nitrogen and oxygen atoms in total. The predicted molar refractivity (Wildman–Crippen MR) is 128 cm³/mol. The van der Waals surface area contributed by atoms with Crippen LogP contribution in [0.3, 0.4) is 0 Å². The number of nitrogens with zero attached hydrogens (tertiary/aromatic N) is 4. The summed E-state index contributed by atoms with van der Waals surface area (Å²) in [4.78, 5) is 17.2. The van der Waals surface area contributed by atoms with Crippen LogP contribution in [0.25, 0.3) is 11.2 Å². The lowest BCUT2D eigenvalue weighted by Gasteiger charge is -2.33. The van der Waals surface area contributed by atoms with E-state index in [4.69, 9.17) is 13.6 Å². The molecule has 1 aliphatic heterocycles. The minimum absolute atomic E-state index is 0.0815. The van der Waals surface area contributed by atoms with E-state index in [1.54, 1.807) is 12.7 Å². The molecule has 3 rings (SSSR count). The van der Waals surface area contributed by atoms with Crippen molar-refractivity contribution in [3.63, 3.8) is 0 Å². The van der Waals surface area contributed by atoms with Crippen molar-refractivity contribution in [1.29, 1.82) is 0 Å². The highest BCUT2D eigenvalue weighted by molar-refractivity contribution is 6.79. The first-order chi connectivity index (χ1) is 13.6. The highest BCUT2D eigenvalue weighted by Crippen LogP contribution is 2.38. The first-order valence-electron chi connectivity index (χ1n) is 10.6. The second-order valence-corrected chi connectivity index (χ2v) is 24.7. The van der Waals surface area contributed by atoms with E-state index in [0.717, 1.165) is 17.0 Å². The van der Waals surface area contributed by atoms with Crippen molar-refractivity contribution in [3.8, 4) is 0 Å². The summed E-state index contributed by atoms with van der Waals surface area (Å²) in [5.74, 6) is 0.779. The zero-order valence-electron chi connectivity index (χ0n) is 20.0. The number of hydrogen-bond acceptors (Lipinski definition) is 7. The van der Waals surface area contributed by atoms with E-state index in [1.807, 2.05) is 4.57 Å². The molecule has 0 unspecified atom stereocenters. The molecule has 3 heterocycles. The SMILES string of the molecule is C[C@H]1O[C@@H](n2cnc3c(N[Si](C)(C)C)ncnc32)[C@H](O[Si](C)(C)C)[C@@H]1O[Si](C)(C)C. The van der Waals surface area contributed by atoms with Gasteiger partial charge in [0.2, 0.25) is 0 Å². The monoisotopic (exact) mass is 467 g/mol. The molecule has 0 aromatic carbocycles. The maximum absolute atomic E-state index is 6.63. The van der Waals surface area contributed by atoms with Gasteiger partial charge in [-0.1, -0.05) is 19.6 Å². The van der Waals surface area contributed by atoms with Crippen LogP contribution in [0.15, 0.2) is 12.7 Å². The Morgan fingerprint density at radius 1 is 0.900 bits per heavy atom. The van der Waals surface area contributed by atoms with Crippen molar-refractivity contribution in [2.45, 2.75) is 90.4 Å². The molecular weight excluding hydrogens is 430 g/mol. The van der Waals surface area contributed by atoms with Gasteiger partial charge in [-0.3, -0.25) is 4.57 Å². The van der Waals surface area contributed by atoms with Gasteiger partial charge in [0.15, 0.2) is 28.5 Å². The first-order valence-corrected chi connectivity index (χ1v) is 20.9. The van der Waals surface area contributed by atoms with E-state index >= 15 is 0 Å². The summed E-state index contributed by atoms with van der Waals surface area (Å²) in [7, 11) is -5.22. The first kappa shape index (κ1) is 23.5. The largest absolute Gasteiger partial charge is 0.409 e. The third-order valence-electron chi connectivity index (χ3n) is 4.53. The van der Waals surface area contributed by atoms with E-state index in [2.05, 4.69) is 85.8 Å². The molecule has 0 spiro atoms. The Morgan fingerprint density at radius 3 is 2.07 bits per heavy atom. The summed E-state index contributed by atoms with van der Waals surface area (Å²) in [6.07, 6.45) is 2.64. The fourth-order valence-electron chi connectivity index (χ4n) is 3.62. The lowest BCUT2D eigenvalue weighted by molar-refractivity contribution is -0.0247. The van der Waals surface area contributed by atoms with Crippen molar-refractivity contribution in [2.75, 3.05) is 4.98 Å². The van der Waals surface area contributed by atoms with Gasteiger partial charge >= 0.3 is 0 Å². The molecular formula is C19H37N5O3Si3. The van der Waals surface area contributed by atoms with Crippen LogP contribution in [0, 0.1) is 0 Å². The van der Waals surface area contributed by atoms with Crippen molar-refractivity contribution in [3.05, 3.63) is 12.7 Å². The Labute approximate surface area is 183 Å². The molecule has 0 amide bonds. The number of aromatic nitrogens is 4. The fraction of sp³-hybridized carbons (Fsp3) is 0.737. The number of nitrogens with one attached hydrogen (secondary N) is 1. The van der Waals surface area contributed by atoms with Gasteiger partial charge in [0.25, 0.3) is 0 Å². The molecule has 168 valence electrons. The number of imidazole rings is 1. The lowest BCUT2D eigenvalue weighted by Crippen LogP contribution is -2.46. The highest BCUT2D eigenvalue weighted by atomic mass is 28.4. The molecule has 1 fully saturated rings. The van der Waals surface area contributed by atoms with E-state index < -0.39 is 24.9 Å². The van der Waals surface area contributed by atoms with Gasteiger partial charge in [-0.2, -0.15) is 0 Å². The maximum Gasteiger partial charge on any atom is 0.184 e. The van der Waals surface area contributed by atoms with Gasteiger partial charge in [0.1, 0.15) is 38.1 Å². The Morgan fingerprint density at radius 2 is 1.50 bits per heavy atom. The topological polar surface area (TPSA) is 83.3 Å². The third kappa shape index (κ3) is 5.56. The molecule has 11 heteroatoms. The lowest BCUT2D eigenvalue weighted by atomic mass is 10.1. The van der Waals surface area contributed by atoms with Crippen LogP contribution in [-0.4, -0.2) is 62.7 Å². The quantitative estimate of drug-likeness (QED) is 0.603. The van der Waals surface area contributed by atoms with Crippen molar-refractivity contribution < 1.29 is 13.6 Å². The van der Waals surface area contributed by atoms with E-state index in [-0.39, 0.29) is 24.5 Å². The van der Waals surface area contributed by atoms with E-state index in [0.29, 0.717) is 0 Å². The molecule has 0 bridgehead atoms. The van der Waals surface area contributed by atoms with Crippen LogP contribution in [0.2, 0.25) is 58.9 Å². The van der Waals surface area contributed by atoms with Crippen LogP contribution in [0.4, 0.5) is 5.82 Å². The van der Waals surface area contributed by atoms with Gasteiger partial charge in [-0.25, -0.2) is 15.0 Å². The smallest absolute Gasteiger partial charge is 0.184 e. The molecule has 4 atom stereocenters. The molecule has 1 saturated heterocycles. The summed E-state index contributed by atoms with van der Waals surface area (Å²) >= 11 is 0. The number of ether oxygens (including phenoxy) is 1. The van der Waals surface area contributed by atoms with E-state index in [9.17, 15) is 0 Å². The van der Waals surface area contributed by atoms with Gasteiger partial charge < -0.3 is 18.6 Å². The Bertz CT molecular complexity index is 888. The molecule has 1 aliphatic rings. The molecule has 0 aliphatic carbocycles. The minimum atomic E-state index is -1.85. The molecule has 1 N–H and O–H groups in total. The normalized spacial score (nSPS) is 25.8. The molecule has 0 radical (unpaired) electrons. The van der Waals surface area contributed by atoms with Crippen molar-refractivity contribution in [1.82, 2.24) is 19.5 Å². The van der Waals surface area contributed by atoms with Gasteiger partial charge in [0.05, 0.1) is 12.4 Å². The number of rotatable bonds is 7. The average Bonchev–Trinajstić information content (AvgIpc) is 3.08. The number of hydrogen-bond donors (Lipinski definition) is 1. The van der Waals surface area contributed by atoms with E-state index in [1.165, 1.54) is 0 Å².